The van der Waals surface area contributed by atoms with Crippen molar-refractivity contribution >= 4 is 11.6 Å². The summed E-state index contributed by atoms with van der Waals surface area (Å²) >= 11 is 0. The molecule has 0 spiro atoms. The van der Waals surface area contributed by atoms with Gasteiger partial charge < -0.3 is 5.32 Å². The number of hydrogen-bond donors (Lipinski definition) is 1. The third-order valence-electron chi connectivity index (χ3n) is 3.09. The first kappa shape index (κ1) is 14.7. The Labute approximate surface area is 109 Å². The summed E-state index contributed by atoms with van der Waals surface area (Å²) in [6.45, 7) is 3.88. The summed E-state index contributed by atoms with van der Waals surface area (Å²) in [5.74, 6) is -0.214. The van der Waals surface area contributed by atoms with E-state index in [9.17, 15) is 9.90 Å². The second-order valence-corrected chi connectivity index (χ2v) is 4.53. The van der Waals surface area contributed by atoms with Crippen molar-refractivity contribution in [3.05, 3.63) is 29.8 Å². The van der Waals surface area contributed by atoms with Crippen molar-refractivity contribution in [1.82, 2.24) is 0 Å². The van der Waals surface area contributed by atoms with Gasteiger partial charge >= 0.3 is 0 Å². The van der Waals surface area contributed by atoms with E-state index < -0.39 is 0 Å². The topological polar surface area (TPSA) is 49.0 Å². The van der Waals surface area contributed by atoms with Gasteiger partial charge in [0.25, 0.3) is 0 Å². The molecule has 1 radical (unpaired) electrons. The second kappa shape index (κ2) is 7.88. The minimum Gasteiger partial charge on any atom is -0.326 e. The first-order valence-corrected chi connectivity index (χ1v) is 6.69. The van der Waals surface area contributed by atoms with Crippen molar-refractivity contribution in [2.24, 2.45) is 5.92 Å². The minimum absolute atomic E-state index is 0.0448. The lowest BCUT2D eigenvalue weighted by Crippen LogP contribution is -2.23. The second-order valence-electron chi connectivity index (χ2n) is 4.53. The molecule has 0 aromatic heterocycles. The number of carbonyl (C=O) groups excluding carboxylic acids is 1. The molecule has 1 unspecified atom stereocenters. The zero-order valence-corrected chi connectivity index (χ0v) is 11.2. The van der Waals surface area contributed by atoms with E-state index in [2.05, 4.69) is 12.2 Å². The summed E-state index contributed by atoms with van der Waals surface area (Å²) in [5.41, 5.74) is 2.09. The largest absolute Gasteiger partial charge is 0.326 e. The molecule has 1 aromatic carbocycles. The van der Waals surface area contributed by atoms with Gasteiger partial charge in [0.2, 0.25) is 5.91 Å². The third kappa shape index (κ3) is 4.49. The molecule has 1 aromatic rings. The van der Waals surface area contributed by atoms with Crippen LogP contribution in [0.1, 0.15) is 38.7 Å². The smallest absolute Gasteiger partial charge is 0.227 e. The van der Waals surface area contributed by atoms with Gasteiger partial charge in [-0.15, -0.1) is 0 Å². The van der Waals surface area contributed by atoms with Gasteiger partial charge in [-0.3, -0.25) is 4.79 Å². The minimum atomic E-state index is -0.193. The lowest BCUT2D eigenvalue weighted by atomic mass is 10.0. The molecule has 0 heterocycles. The Bertz CT molecular complexity index is 359. The Morgan fingerprint density at radius 3 is 2.39 bits per heavy atom. The van der Waals surface area contributed by atoms with Crippen molar-refractivity contribution in [2.45, 2.75) is 39.5 Å². The van der Waals surface area contributed by atoms with Crippen molar-refractivity contribution in [1.29, 1.82) is 0 Å². The van der Waals surface area contributed by atoms with Crippen LogP contribution in [0.25, 0.3) is 0 Å². The van der Waals surface area contributed by atoms with Gasteiger partial charge in [0.15, 0.2) is 0 Å². The Hall–Kier alpha value is -1.35. The van der Waals surface area contributed by atoms with E-state index in [1.54, 1.807) is 0 Å². The molecular formula is C15H22NO2. The van der Waals surface area contributed by atoms with Crippen LogP contribution in [0.15, 0.2) is 24.3 Å². The molecule has 1 rings (SSSR count). The van der Waals surface area contributed by atoms with Gasteiger partial charge in [0.05, 0.1) is 6.61 Å². The fraction of sp³-hybridized carbons (Fsp3) is 0.533. The summed E-state index contributed by atoms with van der Waals surface area (Å²) < 4.78 is 0. The summed E-state index contributed by atoms with van der Waals surface area (Å²) in [4.78, 5) is 11.9. The number of benzene rings is 1. The molecule has 3 heteroatoms. The van der Waals surface area contributed by atoms with Gasteiger partial charge in [-0.1, -0.05) is 32.4 Å². The fourth-order valence-corrected chi connectivity index (χ4v) is 1.95. The van der Waals surface area contributed by atoms with Crippen LogP contribution >= 0.6 is 0 Å². The Morgan fingerprint density at radius 2 is 1.89 bits per heavy atom. The Morgan fingerprint density at radius 1 is 1.22 bits per heavy atom. The maximum absolute atomic E-state index is 11.9. The highest BCUT2D eigenvalue weighted by molar-refractivity contribution is 5.92. The molecule has 0 fully saturated rings. The number of anilines is 1. The van der Waals surface area contributed by atoms with Crippen LogP contribution in [0.3, 0.4) is 0 Å². The maximum atomic E-state index is 11.9. The number of aryl methyl sites for hydroxylation is 1. The highest BCUT2D eigenvalue weighted by Crippen LogP contribution is 2.15. The number of hydrogen-bond acceptors (Lipinski definition) is 1. The lowest BCUT2D eigenvalue weighted by molar-refractivity contribution is -0.120. The molecule has 0 saturated carbocycles. The van der Waals surface area contributed by atoms with Gasteiger partial charge in [-0.2, -0.15) is 0 Å². The number of rotatable bonds is 7. The van der Waals surface area contributed by atoms with Gasteiger partial charge in [-0.05, 0) is 37.0 Å². The predicted octanol–water partition coefficient (Wildman–Crippen LogP) is 3.42. The molecule has 18 heavy (non-hydrogen) atoms. The van der Waals surface area contributed by atoms with E-state index in [1.807, 2.05) is 31.2 Å². The highest BCUT2D eigenvalue weighted by Gasteiger charge is 2.15. The predicted molar refractivity (Wildman–Crippen MR) is 73.0 cm³/mol. The normalized spacial score (nSPS) is 12.2. The monoisotopic (exact) mass is 248 g/mol. The van der Waals surface area contributed by atoms with Crippen molar-refractivity contribution in [3.63, 3.8) is 0 Å². The van der Waals surface area contributed by atoms with Gasteiger partial charge in [-0.25, -0.2) is 5.11 Å². The third-order valence-corrected chi connectivity index (χ3v) is 3.09. The fourth-order valence-electron chi connectivity index (χ4n) is 1.95. The number of amides is 1. The molecule has 0 saturated heterocycles. The standard InChI is InChI=1S/C15H22NO2/c1-3-5-12-6-8-14(9-7-12)16-15(18)13(4-2)10-11-17/h6-9,13H,3-5,10-11H2,1-2H3,(H,16,18). The van der Waals surface area contributed by atoms with Crippen molar-refractivity contribution < 1.29 is 9.90 Å². The van der Waals surface area contributed by atoms with E-state index in [-0.39, 0.29) is 18.4 Å². The average Bonchev–Trinajstić information content (AvgIpc) is 2.38. The van der Waals surface area contributed by atoms with Crippen LogP contribution in [0, 0.1) is 5.92 Å². The first-order valence-electron chi connectivity index (χ1n) is 6.69. The Balaban J connectivity index is 2.58. The number of carbonyl (C=O) groups is 1. The van der Waals surface area contributed by atoms with Crippen LogP contribution in [0.4, 0.5) is 5.69 Å². The first-order chi connectivity index (χ1) is 8.71. The SMILES string of the molecule is CCCc1ccc(NC(=O)C(CC)CC[O])cc1. The average molecular weight is 248 g/mol. The van der Waals surface area contributed by atoms with E-state index in [4.69, 9.17) is 0 Å². The highest BCUT2D eigenvalue weighted by atomic mass is 16.3. The Kier molecular flexibility index (Phi) is 6.44. The molecule has 0 aliphatic heterocycles. The van der Waals surface area contributed by atoms with E-state index in [0.717, 1.165) is 18.5 Å². The van der Waals surface area contributed by atoms with Gasteiger partial charge in [0, 0.05) is 11.6 Å². The van der Waals surface area contributed by atoms with Crippen LogP contribution in [-0.2, 0) is 16.3 Å². The molecular weight excluding hydrogens is 226 g/mol. The number of nitrogens with one attached hydrogen (secondary N) is 1. The summed E-state index contributed by atoms with van der Waals surface area (Å²) in [6.07, 6.45) is 3.30. The van der Waals surface area contributed by atoms with Crippen LogP contribution in [0.5, 0.6) is 0 Å². The molecule has 99 valence electrons. The van der Waals surface area contributed by atoms with E-state index in [1.165, 1.54) is 5.56 Å². The maximum Gasteiger partial charge on any atom is 0.227 e. The molecule has 0 aliphatic carbocycles. The zero-order chi connectivity index (χ0) is 13.4. The van der Waals surface area contributed by atoms with E-state index in [0.29, 0.717) is 12.8 Å². The molecule has 0 bridgehead atoms. The summed E-state index contributed by atoms with van der Waals surface area (Å²) in [6, 6.07) is 7.92. The molecule has 0 aliphatic rings. The van der Waals surface area contributed by atoms with E-state index >= 15 is 0 Å². The van der Waals surface area contributed by atoms with Crippen molar-refractivity contribution in [2.75, 3.05) is 11.9 Å². The molecule has 1 atom stereocenters. The van der Waals surface area contributed by atoms with Crippen molar-refractivity contribution in [3.8, 4) is 0 Å². The zero-order valence-electron chi connectivity index (χ0n) is 11.2. The molecule has 3 nitrogen and oxygen atoms in total. The summed E-state index contributed by atoms with van der Waals surface area (Å²) in [7, 11) is 0. The lowest BCUT2D eigenvalue weighted by Gasteiger charge is -2.13. The molecule has 1 N–H and O–H groups in total. The quantitative estimate of drug-likeness (QED) is 0.789. The van der Waals surface area contributed by atoms with Crippen LogP contribution < -0.4 is 5.32 Å². The molecule has 1 amide bonds. The van der Waals surface area contributed by atoms with Crippen LogP contribution in [0.2, 0.25) is 0 Å². The van der Waals surface area contributed by atoms with Gasteiger partial charge in [0.1, 0.15) is 0 Å². The van der Waals surface area contributed by atoms with Crippen LogP contribution in [-0.4, -0.2) is 12.5 Å². The summed E-state index contributed by atoms with van der Waals surface area (Å²) in [5, 5.41) is 13.5.